The quantitative estimate of drug-likeness (QED) is 0.900. The first-order valence-corrected chi connectivity index (χ1v) is 6.59. The summed E-state index contributed by atoms with van der Waals surface area (Å²) >= 11 is 5.75. The van der Waals surface area contributed by atoms with Crippen LogP contribution in [0.2, 0.25) is 5.02 Å². The minimum absolute atomic E-state index is 0.168. The van der Waals surface area contributed by atoms with Crippen molar-refractivity contribution in [2.75, 3.05) is 17.7 Å². The molecule has 2 aromatic rings. The van der Waals surface area contributed by atoms with Gasteiger partial charge in [-0.15, -0.1) is 0 Å². The Labute approximate surface area is 131 Å². The molecule has 0 aromatic heterocycles. The molecular weight excluding hydrogens is 311 g/mol. The van der Waals surface area contributed by atoms with Gasteiger partial charge in [0.05, 0.1) is 12.7 Å². The molecule has 0 saturated carbocycles. The molecule has 0 spiro atoms. The van der Waals surface area contributed by atoms with Gasteiger partial charge in [-0.25, -0.2) is 9.18 Å². The first-order valence-electron chi connectivity index (χ1n) is 6.21. The van der Waals surface area contributed by atoms with Gasteiger partial charge in [-0.1, -0.05) is 17.7 Å². The fourth-order valence-corrected chi connectivity index (χ4v) is 1.89. The number of methoxy groups -OCH3 is 1. The molecule has 0 atom stereocenters. The zero-order valence-electron chi connectivity index (χ0n) is 11.5. The molecule has 7 heteroatoms. The van der Waals surface area contributed by atoms with Gasteiger partial charge in [0.25, 0.3) is 5.91 Å². The van der Waals surface area contributed by atoms with E-state index in [1.165, 1.54) is 25.3 Å². The number of ether oxygens (including phenoxy) is 1. The number of carbonyl (C=O) groups is 2. The van der Waals surface area contributed by atoms with Crippen LogP contribution < -0.4 is 10.6 Å². The van der Waals surface area contributed by atoms with Crippen molar-refractivity contribution in [2.45, 2.75) is 0 Å². The lowest BCUT2D eigenvalue weighted by molar-refractivity contribution is 0.102. The Kier molecular flexibility index (Phi) is 4.95. The minimum Gasteiger partial charge on any atom is -0.453 e. The fraction of sp³-hybridized carbons (Fsp3) is 0.0667. The summed E-state index contributed by atoms with van der Waals surface area (Å²) < 4.78 is 18.1. The van der Waals surface area contributed by atoms with Crippen LogP contribution in [0.5, 0.6) is 0 Å². The molecule has 0 heterocycles. The van der Waals surface area contributed by atoms with Gasteiger partial charge in [-0.05, 0) is 36.4 Å². The summed E-state index contributed by atoms with van der Waals surface area (Å²) in [5, 5.41) is 5.24. The van der Waals surface area contributed by atoms with Crippen LogP contribution in [0, 0.1) is 5.82 Å². The molecule has 2 N–H and O–H groups in total. The number of carbonyl (C=O) groups excluding carboxylic acids is 2. The Balaban J connectivity index is 2.16. The number of halogens is 2. The molecule has 0 bridgehead atoms. The zero-order valence-corrected chi connectivity index (χ0v) is 12.3. The van der Waals surface area contributed by atoms with Gasteiger partial charge < -0.3 is 10.1 Å². The van der Waals surface area contributed by atoms with Gasteiger partial charge >= 0.3 is 6.09 Å². The average molecular weight is 323 g/mol. The van der Waals surface area contributed by atoms with Crippen LogP contribution in [0.1, 0.15) is 10.4 Å². The maximum absolute atomic E-state index is 13.6. The van der Waals surface area contributed by atoms with E-state index in [9.17, 15) is 14.0 Å². The summed E-state index contributed by atoms with van der Waals surface area (Å²) in [7, 11) is 1.24. The van der Waals surface area contributed by atoms with Gasteiger partial charge in [-0.3, -0.25) is 10.1 Å². The van der Waals surface area contributed by atoms with Crippen molar-refractivity contribution in [3.8, 4) is 0 Å². The van der Waals surface area contributed by atoms with E-state index in [0.29, 0.717) is 11.4 Å². The number of hydrogen-bond acceptors (Lipinski definition) is 3. The standard InChI is InChI=1S/C15H12ClFN2O3/c1-22-15(21)19-11-4-2-3-10(8-11)18-14(20)12-7-9(16)5-6-13(12)17/h2-8H,1H3,(H,18,20)(H,19,21). The molecule has 22 heavy (non-hydrogen) atoms. The normalized spacial score (nSPS) is 9.95. The fourth-order valence-electron chi connectivity index (χ4n) is 1.71. The molecule has 0 fully saturated rings. The number of hydrogen-bond donors (Lipinski definition) is 2. The summed E-state index contributed by atoms with van der Waals surface area (Å²) in [6.07, 6.45) is -0.635. The average Bonchev–Trinajstić information content (AvgIpc) is 2.49. The van der Waals surface area contributed by atoms with Crippen LogP contribution in [0.4, 0.5) is 20.6 Å². The Hall–Kier alpha value is -2.60. The molecule has 114 valence electrons. The van der Waals surface area contributed by atoms with E-state index in [0.717, 1.165) is 6.07 Å². The number of amides is 2. The van der Waals surface area contributed by atoms with Crippen LogP contribution in [0.25, 0.3) is 0 Å². The third-order valence-electron chi connectivity index (χ3n) is 2.73. The third-order valence-corrected chi connectivity index (χ3v) is 2.96. The van der Waals surface area contributed by atoms with E-state index in [1.807, 2.05) is 0 Å². The lowest BCUT2D eigenvalue weighted by atomic mass is 10.2. The Morgan fingerprint density at radius 3 is 2.45 bits per heavy atom. The summed E-state index contributed by atoms with van der Waals surface area (Å²) in [6, 6.07) is 10.1. The van der Waals surface area contributed by atoms with E-state index < -0.39 is 17.8 Å². The molecule has 0 unspecified atom stereocenters. The lowest BCUT2D eigenvalue weighted by Crippen LogP contribution is -2.14. The number of anilines is 2. The van der Waals surface area contributed by atoms with E-state index in [4.69, 9.17) is 11.6 Å². The Bertz CT molecular complexity index is 722. The number of benzene rings is 2. The highest BCUT2D eigenvalue weighted by molar-refractivity contribution is 6.31. The van der Waals surface area contributed by atoms with Crippen molar-refractivity contribution in [1.29, 1.82) is 0 Å². The lowest BCUT2D eigenvalue weighted by Gasteiger charge is -2.09. The van der Waals surface area contributed by atoms with Crippen LogP contribution in [0.3, 0.4) is 0 Å². The molecular formula is C15H12ClFN2O3. The smallest absolute Gasteiger partial charge is 0.411 e. The Morgan fingerprint density at radius 1 is 1.09 bits per heavy atom. The van der Waals surface area contributed by atoms with E-state index in [1.54, 1.807) is 18.2 Å². The maximum Gasteiger partial charge on any atom is 0.411 e. The summed E-state index contributed by atoms with van der Waals surface area (Å²) in [6.45, 7) is 0. The van der Waals surface area contributed by atoms with E-state index in [-0.39, 0.29) is 10.6 Å². The van der Waals surface area contributed by atoms with Crippen molar-refractivity contribution in [3.05, 3.63) is 58.9 Å². The van der Waals surface area contributed by atoms with Gasteiger partial charge in [0.1, 0.15) is 5.82 Å². The number of nitrogens with one attached hydrogen (secondary N) is 2. The van der Waals surface area contributed by atoms with Crippen molar-refractivity contribution in [3.63, 3.8) is 0 Å². The monoisotopic (exact) mass is 322 g/mol. The van der Waals surface area contributed by atoms with Crippen LogP contribution in [-0.4, -0.2) is 19.1 Å². The molecule has 2 aromatic carbocycles. The molecule has 5 nitrogen and oxygen atoms in total. The first-order chi connectivity index (χ1) is 10.5. The highest BCUT2D eigenvalue weighted by Gasteiger charge is 2.13. The van der Waals surface area contributed by atoms with Crippen molar-refractivity contribution >= 4 is 35.0 Å². The summed E-state index contributed by atoms with van der Waals surface area (Å²) in [5.41, 5.74) is 0.647. The van der Waals surface area contributed by atoms with Crippen molar-refractivity contribution < 1.29 is 18.7 Å². The minimum atomic E-state index is -0.675. The van der Waals surface area contributed by atoms with Crippen LogP contribution in [-0.2, 0) is 4.74 Å². The molecule has 0 aliphatic rings. The molecule has 2 rings (SSSR count). The predicted octanol–water partition coefficient (Wildman–Crippen LogP) is 3.91. The highest BCUT2D eigenvalue weighted by Crippen LogP contribution is 2.19. The summed E-state index contributed by atoms with van der Waals surface area (Å²) in [4.78, 5) is 23.2. The van der Waals surface area contributed by atoms with Crippen LogP contribution in [0.15, 0.2) is 42.5 Å². The maximum atomic E-state index is 13.6. The van der Waals surface area contributed by atoms with Gasteiger partial charge in [-0.2, -0.15) is 0 Å². The van der Waals surface area contributed by atoms with Crippen molar-refractivity contribution in [1.82, 2.24) is 0 Å². The first kappa shape index (κ1) is 15.8. The number of rotatable bonds is 3. The molecule has 0 radical (unpaired) electrons. The van der Waals surface area contributed by atoms with E-state index >= 15 is 0 Å². The van der Waals surface area contributed by atoms with Gasteiger partial charge in [0, 0.05) is 16.4 Å². The molecule has 2 amide bonds. The van der Waals surface area contributed by atoms with Gasteiger partial charge in [0.2, 0.25) is 0 Å². The van der Waals surface area contributed by atoms with Crippen molar-refractivity contribution in [2.24, 2.45) is 0 Å². The highest BCUT2D eigenvalue weighted by atomic mass is 35.5. The van der Waals surface area contributed by atoms with E-state index in [2.05, 4.69) is 15.4 Å². The SMILES string of the molecule is COC(=O)Nc1cccc(NC(=O)c2cc(Cl)ccc2F)c1. The second-order valence-electron chi connectivity index (χ2n) is 4.28. The largest absolute Gasteiger partial charge is 0.453 e. The zero-order chi connectivity index (χ0) is 16.1. The molecule has 0 aliphatic heterocycles. The second-order valence-corrected chi connectivity index (χ2v) is 4.71. The summed E-state index contributed by atoms with van der Waals surface area (Å²) in [5.74, 6) is -1.32. The molecule has 0 saturated heterocycles. The second kappa shape index (κ2) is 6.91. The van der Waals surface area contributed by atoms with Gasteiger partial charge in [0.15, 0.2) is 0 Å². The predicted molar refractivity (Wildman–Crippen MR) is 81.8 cm³/mol. The topological polar surface area (TPSA) is 67.4 Å². The third kappa shape index (κ3) is 3.95. The Morgan fingerprint density at radius 2 is 1.77 bits per heavy atom. The van der Waals surface area contributed by atoms with Crippen LogP contribution >= 0.6 is 11.6 Å². The molecule has 0 aliphatic carbocycles.